The third-order valence-electron chi connectivity index (χ3n) is 2.89. The number of anilines is 1. The van der Waals surface area contributed by atoms with E-state index in [-0.39, 0.29) is 0 Å². The second-order valence-corrected chi connectivity index (χ2v) is 6.59. The van der Waals surface area contributed by atoms with Gasteiger partial charge in [0.05, 0.1) is 15.6 Å². The number of nitrogens with zero attached hydrogens (tertiary/aromatic N) is 3. The lowest BCUT2D eigenvalue weighted by Gasteiger charge is -1.95. The average Bonchev–Trinajstić information content (AvgIpc) is 2.99. The molecule has 0 spiro atoms. The third kappa shape index (κ3) is 2.40. The van der Waals surface area contributed by atoms with Crippen LogP contribution in [0.2, 0.25) is 0 Å². The smallest absolute Gasteiger partial charge is 0.206 e. The fraction of sp³-hybridized carbons (Fsp3) is 0.583. The van der Waals surface area contributed by atoms with E-state index in [0.29, 0.717) is 5.92 Å². The number of aryl methyl sites for hydroxylation is 1. The number of thiazole rings is 1. The van der Waals surface area contributed by atoms with E-state index in [1.165, 1.54) is 22.7 Å². The number of nitrogens with one attached hydrogen (secondary N) is 1. The lowest BCUT2D eigenvalue weighted by molar-refractivity contribution is 0.964. The highest BCUT2D eigenvalue weighted by Crippen LogP contribution is 2.45. The molecule has 2 aromatic heterocycles. The quantitative estimate of drug-likeness (QED) is 0.908. The topological polar surface area (TPSA) is 50.7 Å². The maximum Gasteiger partial charge on any atom is 0.206 e. The zero-order chi connectivity index (χ0) is 12.5. The van der Waals surface area contributed by atoms with E-state index in [9.17, 15) is 0 Å². The van der Waals surface area contributed by atoms with Gasteiger partial charge in [-0.2, -0.15) is 0 Å². The second kappa shape index (κ2) is 4.93. The Hall–Kier alpha value is -1.01. The minimum absolute atomic E-state index is 0.716. The molecule has 0 amide bonds. The van der Waals surface area contributed by atoms with Gasteiger partial charge in [0.2, 0.25) is 5.13 Å². The summed E-state index contributed by atoms with van der Waals surface area (Å²) < 4.78 is 0. The largest absolute Gasteiger partial charge is 0.360 e. The number of rotatable bonds is 5. The average molecular weight is 280 g/mol. The van der Waals surface area contributed by atoms with Crippen LogP contribution in [0, 0.1) is 6.92 Å². The molecule has 6 heteroatoms. The number of aromatic nitrogens is 3. The first-order chi connectivity index (χ1) is 8.78. The molecular formula is C12H16N4S2. The molecule has 0 saturated heterocycles. The molecule has 1 saturated carbocycles. The Balaban J connectivity index is 1.82. The summed E-state index contributed by atoms with van der Waals surface area (Å²) in [4.78, 5) is 5.85. The highest BCUT2D eigenvalue weighted by atomic mass is 32.1. The zero-order valence-electron chi connectivity index (χ0n) is 10.6. The first-order valence-corrected chi connectivity index (χ1v) is 7.96. The Morgan fingerprint density at radius 2 is 2.11 bits per heavy atom. The third-order valence-corrected chi connectivity index (χ3v) is 5.24. The molecule has 1 N–H and O–H groups in total. The van der Waals surface area contributed by atoms with Crippen LogP contribution in [0.1, 0.15) is 42.8 Å². The first kappa shape index (κ1) is 12.0. The van der Waals surface area contributed by atoms with Crippen LogP contribution in [0.4, 0.5) is 5.13 Å². The lowest BCUT2D eigenvalue weighted by atomic mass is 10.4. The molecule has 4 nitrogen and oxygen atoms in total. The Labute approximate surface area is 114 Å². The van der Waals surface area contributed by atoms with Gasteiger partial charge >= 0.3 is 0 Å². The van der Waals surface area contributed by atoms with Crippen LogP contribution in [-0.2, 0) is 0 Å². The molecule has 0 aromatic carbocycles. The van der Waals surface area contributed by atoms with Crippen LogP contribution < -0.4 is 5.32 Å². The Kier molecular flexibility index (Phi) is 3.30. The van der Waals surface area contributed by atoms with E-state index in [1.807, 2.05) is 0 Å². The van der Waals surface area contributed by atoms with Gasteiger partial charge in [0.15, 0.2) is 5.01 Å². The highest BCUT2D eigenvalue weighted by molar-refractivity contribution is 7.23. The molecule has 0 unspecified atom stereocenters. The first-order valence-electron chi connectivity index (χ1n) is 6.33. The van der Waals surface area contributed by atoms with E-state index in [4.69, 9.17) is 0 Å². The number of hydrogen-bond acceptors (Lipinski definition) is 6. The van der Waals surface area contributed by atoms with Crippen molar-refractivity contribution in [3.8, 4) is 9.88 Å². The van der Waals surface area contributed by atoms with Crippen LogP contribution in [0.3, 0.4) is 0 Å². The SMILES string of the molecule is CCCNc1nnc(-c2sc(C3CC3)nc2C)s1. The van der Waals surface area contributed by atoms with Crippen molar-refractivity contribution < 1.29 is 0 Å². The summed E-state index contributed by atoms with van der Waals surface area (Å²) in [5.74, 6) is 0.716. The molecule has 0 aliphatic heterocycles. The van der Waals surface area contributed by atoms with Crippen LogP contribution in [-0.4, -0.2) is 21.7 Å². The zero-order valence-corrected chi connectivity index (χ0v) is 12.2. The predicted molar refractivity (Wildman–Crippen MR) is 76.5 cm³/mol. The van der Waals surface area contributed by atoms with Crippen LogP contribution in [0.5, 0.6) is 0 Å². The molecule has 1 aliphatic carbocycles. The normalized spacial score (nSPS) is 15.0. The molecular weight excluding hydrogens is 264 g/mol. The summed E-state index contributed by atoms with van der Waals surface area (Å²) in [7, 11) is 0. The molecule has 0 atom stereocenters. The van der Waals surface area contributed by atoms with Crippen molar-refractivity contribution in [2.45, 2.75) is 39.0 Å². The van der Waals surface area contributed by atoms with Crippen molar-refractivity contribution in [2.24, 2.45) is 0 Å². The second-order valence-electron chi connectivity index (χ2n) is 4.58. The maximum absolute atomic E-state index is 4.66. The van der Waals surface area contributed by atoms with Gasteiger partial charge in [0.1, 0.15) is 0 Å². The van der Waals surface area contributed by atoms with Gasteiger partial charge in [-0.1, -0.05) is 18.3 Å². The standard InChI is InChI=1S/C12H16N4S2/c1-3-6-13-12-16-15-11(18-12)9-7(2)14-10(17-9)8-4-5-8/h8H,3-6H2,1-2H3,(H,13,16). The van der Waals surface area contributed by atoms with E-state index < -0.39 is 0 Å². The Morgan fingerprint density at radius 3 is 2.83 bits per heavy atom. The molecule has 2 heterocycles. The van der Waals surface area contributed by atoms with Crippen LogP contribution in [0.15, 0.2) is 0 Å². The monoisotopic (exact) mass is 280 g/mol. The molecule has 1 aliphatic rings. The van der Waals surface area contributed by atoms with Crippen molar-refractivity contribution in [2.75, 3.05) is 11.9 Å². The summed E-state index contributed by atoms with van der Waals surface area (Å²) in [6.45, 7) is 5.16. The summed E-state index contributed by atoms with van der Waals surface area (Å²) >= 11 is 3.41. The molecule has 1 fully saturated rings. The molecule has 96 valence electrons. The molecule has 2 aromatic rings. The summed E-state index contributed by atoms with van der Waals surface area (Å²) in [6.07, 6.45) is 3.69. The van der Waals surface area contributed by atoms with Crippen molar-refractivity contribution in [3.63, 3.8) is 0 Å². The van der Waals surface area contributed by atoms with Crippen molar-refractivity contribution >= 4 is 27.8 Å². The van der Waals surface area contributed by atoms with E-state index in [2.05, 4.69) is 34.3 Å². The molecule has 0 radical (unpaired) electrons. The lowest BCUT2D eigenvalue weighted by Crippen LogP contribution is -1.98. The van der Waals surface area contributed by atoms with E-state index in [1.54, 1.807) is 22.7 Å². The minimum atomic E-state index is 0.716. The van der Waals surface area contributed by atoms with Gasteiger partial charge in [-0.3, -0.25) is 0 Å². The van der Waals surface area contributed by atoms with Crippen LogP contribution in [0.25, 0.3) is 9.88 Å². The summed E-state index contributed by atoms with van der Waals surface area (Å²) in [6, 6.07) is 0. The van der Waals surface area contributed by atoms with Crippen molar-refractivity contribution in [1.29, 1.82) is 0 Å². The van der Waals surface area contributed by atoms with Gasteiger partial charge in [-0.05, 0) is 26.2 Å². The van der Waals surface area contributed by atoms with Gasteiger partial charge in [0.25, 0.3) is 0 Å². The van der Waals surface area contributed by atoms with Crippen LogP contribution >= 0.6 is 22.7 Å². The summed E-state index contributed by atoms with van der Waals surface area (Å²) in [5, 5.41) is 14.9. The minimum Gasteiger partial charge on any atom is -0.360 e. The maximum atomic E-state index is 4.66. The van der Waals surface area contributed by atoms with Gasteiger partial charge in [-0.15, -0.1) is 21.5 Å². The van der Waals surface area contributed by atoms with Crippen molar-refractivity contribution in [3.05, 3.63) is 10.7 Å². The highest BCUT2D eigenvalue weighted by Gasteiger charge is 2.28. The molecule has 3 rings (SSSR count). The fourth-order valence-corrected chi connectivity index (χ4v) is 3.87. The predicted octanol–water partition coefficient (Wildman–Crippen LogP) is 3.67. The summed E-state index contributed by atoms with van der Waals surface area (Å²) in [5.41, 5.74) is 1.10. The Bertz CT molecular complexity index is 542. The van der Waals surface area contributed by atoms with Crippen molar-refractivity contribution in [1.82, 2.24) is 15.2 Å². The molecule has 18 heavy (non-hydrogen) atoms. The van der Waals surface area contributed by atoms with E-state index in [0.717, 1.165) is 28.8 Å². The number of hydrogen-bond donors (Lipinski definition) is 1. The van der Waals surface area contributed by atoms with Gasteiger partial charge in [0, 0.05) is 12.5 Å². The Morgan fingerprint density at radius 1 is 1.28 bits per heavy atom. The van der Waals surface area contributed by atoms with Gasteiger partial charge in [-0.25, -0.2) is 4.98 Å². The fourth-order valence-electron chi connectivity index (χ4n) is 1.74. The molecule has 0 bridgehead atoms. The van der Waals surface area contributed by atoms with E-state index >= 15 is 0 Å². The van der Waals surface area contributed by atoms with Gasteiger partial charge < -0.3 is 5.32 Å².